The number of benzene rings is 1. The van der Waals surface area contributed by atoms with Gasteiger partial charge in [0.15, 0.2) is 0 Å². The van der Waals surface area contributed by atoms with Gasteiger partial charge >= 0.3 is 0 Å². The predicted molar refractivity (Wildman–Crippen MR) is 67.0 cm³/mol. The smallest absolute Gasteiger partial charge is 0.292 e. The minimum absolute atomic E-state index is 0.211. The summed E-state index contributed by atoms with van der Waals surface area (Å²) < 4.78 is 0.931. The third-order valence-electron chi connectivity index (χ3n) is 2.90. The van der Waals surface area contributed by atoms with Gasteiger partial charge in [-0.2, -0.15) is 0 Å². The fourth-order valence-electron chi connectivity index (χ4n) is 2.01. The van der Waals surface area contributed by atoms with Crippen molar-refractivity contribution in [3.63, 3.8) is 0 Å². The van der Waals surface area contributed by atoms with Crippen LogP contribution < -0.4 is 4.90 Å². The minimum atomic E-state index is -0.299. The Labute approximate surface area is 103 Å². The molecule has 2 rings (SSSR count). The van der Waals surface area contributed by atoms with E-state index in [4.69, 9.17) is 0 Å². The van der Waals surface area contributed by atoms with E-state index < -0.39 is 0 Å². The Bertz CT molecular complexity index is 428. The maximum absolute atomic E-state index is 11.0. The van der Waals surface area contributed by atoms with E-state index in [2.05, 4.69) is 20.8 Å². The van der Waals surface area contributed by atoms with Gasteiger partial charge in [0.2, 0.25) is 0 Å². The monoisotopic (exact) mass is 284 g/mol. The molecule has 1 heterocycles. The van der Waals surface area contributed by atoms with Crippen LogP contribution in [0, 0.1) is 17.0 Å². The molecule has 1 aliphatic rings. The second-order valence-electron chi connectivity index (χ2n) is 4.04. The minimum Gasteiger partial charge on any atom is -0.366 e. The van der Waals surface area contributed by atoms with E-state index in [-0.39, 0.29) is 10.6 Å². The Hall–Kier alpha value is -1.10. The third-order valence-corrected chi connectivity index (χ3v) is 3.75. The van der Waals surface area contributed by atoms with Crippen LogP contribution in [0.5, 0.6) is 0 Å². The van der Waals surface area contributed by atoms with Crippen LogP contribution in [0.2, 0.25) is 0 Å². The molecule has 0 aliphatic carbocycles. The van der Waals surface area contributed by atoms with Gasteiger partial charge in [-0.15, -0.1) is 0 Å². The van der Waals surface area contributed by atoms with Gasteiger partial charge in [-0.3, -0.25) is 10.1 Å². The van der Waals surface area contributed by atoms with Crippen molar-refractivity contribution < 1.29 is 4.92 Å². The number of anilines is 1. The molecular weight excluding hydrogens is 272 g/mol. The molecule has 0 spiro atoms. The molecule has 1 saturated heterocycles. The van der Waals surface area contributed by atoms with Crippen molar-refractivity contribution in [1.29, 1.82) is 0 Å². The number of nitro benzene ring substituents is 1. The van der Waals surface area contributed by atoms with E-state index in [1.165, 1.54) is 0 Å². The van der Waals surface area contributed by atoms with Gasteiger partial charge in [0.05, 0.1) is 4.92 Å². The maximum Gasteiger partial charge on any atom is 0.292 e. The zero-order valence-corrected chi connectivity index (χ0v) is 10.7. The molecule has 0 aromatic heterocycles. The summed E-state index contributed by atoms with van der Waals surface area (Å²) in [7, 11) is 0. The normalized spacial score (nSPS) is 15.5. The number of halogens is 1. The summed E-state index contributed by atoms with van der Waals surface area (Å²) in [5, 5.41) is 11.0. The van der Waals surface area contributed by atoms with Gasteiger partial charge in [0, 0.05) is 23.6 Å². The summed E-state index contributed by atoms with van der Waals surface area (Å²) in [6.45, 7) is 3.69. The summed E-state index contributed by atoms with van der Waals surface area (Å²) in [6, 6.07) is 3.50. The largest absolute Gasteiger partial charge is 0.366 e. The molecule has 86 valence electrons. The number of hydrogen-bond donors (Lipinski definition) is 0. The van der Waals surface area contributed by atoms with Crippen molar-refractivity contribution in [2.45, 2.75) is 19.8 Å². The maximum atomic E-state index is 11.0. The zero-order valence-electron chi connectivity index (χ0n) is 9.07. The molecule has 0 N–H and O–H groups in total. The van der Waals surface area contributed by atoms with Crippen LogP contribution in [0.15, 0.2) is 16.6 Å². The number of aryl methyl sites for hydroxylation is 1. The van der Waals surface area contributed by atoms with E-state index in [9.17, 15) is 10.1 Å². The lowest BCUT2D eigenvalue weighted by Gasteiger charge is -2.18. The summed E-state index contributed by atoms with van der Waals surface area (Å²) in [4.78, 5) is 12.8. The zero-order chi connectivity index (χ0) is 11.7. The molecule has 5 heteroatoms. The second-order valence-corrected chi connectivity index (χ2v) is 4.90. The molecule has 1 aromatic rings. The number of nitro groups is 1. The highest BCUT2D eigenvalue weighted by molar-refractivity contribution is 9.10. The van der Waals surface area contributed by atoms with Gasteiger partial charge in [-0.25, -0.2) is 0 Å². The summed E-state index contributed by atoms with van der Waals surface area (Å²) in [6.07, 6.45) is 2.23. The Kier molecular flexibility index (Phi) is 3.14. The fraction of sp³-hybridized carbons (Fsp3) is 0.455. The molecule has 1 aromatic carbocycles. The van der Waals surface area contributed by atoms with E-state index >= 15 is 0 Å². The standard InChI is InChI=1S/C11H13BrN2O2/c1-8-6-11(14(15)16)10(7-9(8)12)13-4-2-3-5-13/h6-7H,2-5H2,1H3. The topological polar surface area (TPSA) is 46.4 Å². The molecule has 4 nitrogen and oxygen atoms in total. The Morgan fingerprint density at radius 2 is 2.00 bits per heavy atom. The first-order valence-corrected chi connectivity index (χ1v) is 6.08. The van der Waals surface area contributed by atoms with E-state index in [0.29, 0.717) is 0 Å². The Balaban J connectivity index is 2.48. The lowest BCUT2D eigenvalue weighted by molar-refractivity contribution is -0.384. The molecule has 0 unspecified atom stereocenters. The number of rotatable bonds is 2. The van der Waals surface area contributed by atoms with Crippen molar-refractivity contribution in [3.8, 4) is 0 Å². The fourth-order valence-corrected chi connectivity index (χ4v) is 2.34. The summed E-state index contributed by atoms with van der Waals surface area (Å²) >= 11 is 3.43. The molecule has 0 amide bonds. The average Bonchev–Trinajstić information content (AvgIpc) is 2.74. The quantitative estimate of drug-likeness (QED) is 0.619. The van der Waals surface area contributed by atoms with Crippen molar-refractivity contribution >= 4 is 27.3 Å². The lowest BCUT2D eigenvalue weighted by Crippen LogP contribution is -2.19. The summed E-state index contributed by atoms with van der Waals surface area (Å²) in [5.74, 6) is 0. The highest BCUT2D eigenvalue weighted by Crippen LogP contribution is 2.35. The van der Waals surface area contributed by atoms with E-state index in [1.54, 1.807) is 6.07 Å². The first kappa shape index (κ1) is 11.4. The van der Waals surface area contributed by atoms with Crippen LogP contribution in [-0.4, -0.2) is 18.0 Å². The van der Waals surface area contributed by atoms with Crippen molar-refractivity contribution in [2.24, 2.45) is 0 Å². The molecular formula is C11H13BrN2O2. The second kappa shape index (κ2) is 4.41. The lowest BCUT2D eigenvalue weighted by atomic mass is 10.2. The van der Waals surface area contributed by atoms with Gasteiger partial charge in [-0.05, 0) is 31.4 Å². The Morgan fingerprint density at radius 1 is 1.38 bits per heavy atom. The number of nitrogens with zero attached hydrogens (tertiary/aromatic N) is 2. The van der Waals surface area contributed by atoms with Crippen LogP contribution in [0.4, 0.5) is 11.4 Å². The van der Waals surface area contributed by atoms with Crippen LogP contribution in [0.3, 0.4) is 0 Å². The third kappa shape index (κ3) is 2.04. The molecule has 0 saturated carbocycles. The molecule has 1 fully saturated rings. The predicted octanol–water partition coefficient (Wildman–Crippen LogP) is 3.27. The SMILES string of the molecule is Cc1cc([N+](=O)[O-])c(N2CCCC2)cc1Br. The Morgan fingerprint density at radius 3 is 2.56 bits per heavy atom. The van der Waals surface area contributed by atoms with Crippen LogP contribution >= 0.6 is 15.9 Å². The summed E-state index contributed by atoms with van der Waals surface area (Å²) in [5.41, 5.74) is 1.84. The van der Waals surface area contributed by atoms with Crippen molar-refractivity contribution in [2.75, 3.05) is 18.0 Å². The molecule has 0 atom stereocenters. The van der Waals surface area contributed by atoms with Crippen LogP contribution in [0.25, 0.3) is 0 Å². The molecule has 1 aliphatic heterocycles. The van der Waals surface area contributed by atoms with E-state index in [1.807, 2.05) is 13.0 Å². The van der Waals surface area contributed by atoms with Crippen LogP contribution in [0.1, 0.15) is 18.4 Å². The van der Waals surface area contributed by atoms with Crippen molar-refractivity contribution in [1.82, 2.24) is 0 Å². The average molecular weight is 285 g/mol. The van der Waals surface area contributed by atoms with Crippen molar-refractivity contribution in [3.05, 3.63) is 32.3 Å². The highest BCUT2D eigenvalue weighted by atomic mass is 79.9. The number of hydrogen-bond acceptors (Lipinski definition) is 3. The first-order chi connectivity index (χ1) is 7.59. The molecule has 0 radical (unpaired) electrons. The van der Waals surface area contributed by atoms with Gasteiger partial charge in [-0.1, -0.05) is 15.9 Å². The van der Waals surface area contributed by atoms with E-state index in [0.717, 1.165) is 41.7 Å². The van der Waals surface area contributed by atoms with Gasteiger partial charge < -0.3 is 4.90 Å². The van der Waals surface area contributed by atoms with Gasteiger partial charge in [0.25, 0.3) is 5.69 Å². The highest BCUT2D eigenvalue weighted by Gasteiger charge is 2.23. The first-order valence-electron chi connectivity index (χ1n) is 5.29. The van der Waals surface area contributed by atoms with Crippen LogP contribution in [-0.2, 0) is 0 Å². The molecule has 16 heavy (non-hydrogen) atoms. The van der Waals surface area contributed by atoms with Gasteiger partial charge in [0.1, 0.15) is 5.69 Å². The molecule has 0 bridgehead atoms.